The monoisotopic (exact) mass is 245 g/mol. The third-order valence-electron chi connectivity index (χ3n) is 4.86. The molecule has 1 aromatic carbocycles. The van der Waals surface area contributed by atoms with Crippen LogP contribution in [0.1, 0.15) is 51.4 Å². The topological polar surface area (TPSA) is 29.1 Å². The summed E-state index contributed by atoms with van der Waals surface area (Å²) >= 11 is 0. The molecule has 0 spiro atoms. The molecule has 2 nitrogen and oxygen atoms in total. The maximum Gasteiger partial charge on any atom is 0.162 e. The standard InChI is InChI=1S/C16H23NO/c1-6-13(18)11-7-9-12(10-8-11)17-14-15(2,3)16(14,4)5/h7-10,14,17H,6H2,1-5H3. The Bertz CT molecular complexity index is 442. The third kappa shape index (κ3) is 1.94. The molecule has 1 saturated carbocycles. The van der Waals surface area contributed by atoms with Crippen molar-refractivity contribution in [3.05, 3.63) is 29.8 Å². The fraction of sp³-hybridized carbons (Fsp3) is 0.562. The predicted octanol–water partition coefficient (Wildman–Crippen LogP) is 4.13. The summed E-state index contributed by atoms with van der Waals surface area (Å²) in [6.07, 6.45) is 0.565. The molecule has 0 saturated heterocycles. The van der Waals surface area contributed by atoms with Gasteiger partial charge in [0, 0.05) is 23.7 Å². The van der Waals surface area contributed by atoms with Gasteiger partial charge in [0.25, 0.3) is 0 Å². The molecule has 1 aromatic rings. The van der Waals surface area contributed by atoms with E-state index in [2.05, 4.69) is 33.0 Å². The number of carbonyl (C=O) groups is 1. The normalized spacial score (nSPS) is 20.5. The maximum absolute atomic E-state index is 11.5. The summed E-state index contributed by atoms with van der Waals surface area (Å²) in [6.45, 7) is 11.1. The van der Waals surface area contributed by atoms with Crippen LogP contribution < -0.4 is 5.32 Å². The summed E-state index contributed by atoms with van der Waals surface area (Å²) in [5.41, 5.74) is 2.55. The van der Waals surface area contributed by atoms with E-state index in [1.165, 1.54) is 0 Å². The molecule has 0 bridgehead atoms. The fourth-order valence-electron chi connectivity index (χ4n) is 2.68. The van der Waals surface area contributed by atoms with Crippen molar-refractivity contribution in [1.82, 2.24) is 0 Å². The van der Waals surface area contributed by atoms with Crippen LogP contribution in [0.3, 0.4) is 0 Å². The van der Waals surface area contributed by atoms with Crippen molar-refractivity contribution in [1.29, 1.82) is 0 Å². The van der Waals surface area contributed by atoms with Gasteiger partial charge in [-0.25, -0.2) is 0 Å². The van der Waals surface area contributed by atoms with Crippen LogP contribution >= 0.6 is 0 Å². The highest BCUT2D eigenvalue weighted by atomic mass is 16.1. The summed E-state index contributed by atoms with van der Waals surface area (Å²) in [4.78, 5) is 11.5. The van der Waals surface area contributed by atoms with Gasteiger partial charge < -0.3 is 5.32 Å². The first-order valence-corrected chi connectivity index (χ1v) is 6.70. The molecule has 0 heterocycles. The number of hydrogen-bond donors (Lipinski definition) is 1. The number of ketones is 1. The molecule has 0 aliphatic heterocycles. The maximum atomic E-state index is 11.5. The smallest absolute Gasteiger partial charge is 0.162 e. The van der Waals surface area contributed by atoms with Crippen LogP contribution in [0.15, 0.2) is 24.3 Å². The molecular formula is C16H23NO. The second-order valence-electron chi connectivity index (χ2n) is 6.37. The molecule has 0 unspecified atom stereocenters. The van der Waals surface area contributed by atoms with Crippen LogP contribution in [-0.2, 0) is 0 Å². The summed E-state index contributed by atoms with van der Waals surface area (Å²) < 4.78 is 0. The van der Waals surface area contributed by atoms with E-state index >= 15 is 0 Å². The summed E-state index contributed by atoms with van der Waals surface area (Å²) in [5.74, 6) is 0.202. The van der Waals surface area contributed by atoms with Crippen LogP contribution in [0.5, 0.6) is 0 Å². The molecule has 98 valence electrons. The van der Waals surface area contributed by atoms with Gasteiger partial charge in [-0.1, -0.05) is 34.6 Å². The minimum absolute atomic E-state index is 0.202. The molecule has 18 heavy (non-hydrogen) atoms. The highest BCUT2D eigenvalue weighted by Gasteiger charge is 2.64. The Morgan fingerprint density at radius 3 is 2.00 bits per heavy atom. The Balaban J connectivity index is 2.07. The molecule has 1 aliphatic carbocycles. The van der Waals surface area contributed by atoms with Crippen molar-refractivity contribution < 1.29 is 4.79 Å². The lowest BCUT2D eigenvalue weighted by Gasteiger charge is -2.08. The SMILES string of the molecule is CCC(=O)c1ccc(NC2C(C)(C)C2(C)C)cc1. The van der Waals surface area contributed by atoms with E-state index in [0.29, 0.717) is 23.3 Å². The number of hydrogen-bond acceptors (Lipinski definition) is 2. The minimum Gasteiger partial charge on any atom is -0.381 e. The van der Waals surface area contributed by atoms with E-state index < -0.39 is 0 Å². The molecule has 0 radical (unpaired) electrons. The summed E-state index contributed by atoms with van der Waals surface area (Å²) in [6, 6.07) is 8.34. The van der Waals surface area contributed by atoms with Crippen molar-refractivity contribution in [2.75, 3.05) is 5.32 Å². The van der Waals surface area contributed by atoms with Crippen LogP contribution in [0, 0.1) is 10.8 Å². The van der Waals surface area contributed by atoms with Crippen molar-refractivity contribution in [2.45, 2.75) is 47.1 Å². The van der Waals surface area contributed by atoms with E-state index in [0.717, 1.165) is 11.3 Å². The van der Waals surface area contributed by atoms with E-state index in [4.69, 9.17) is 0 Å². The number of benzene rings is 1. The average molecular weight is 245 g/mol. The Morgan fingerprint density at radius 2 is 1.61 bits per heavy atom. The lowest BCUT2D eigenvalue weighted by Crippen LogP contribution is -2.10. The zero-order chi connectivity index (χ0) is 13.6. The first kappa shape index (κ1) is 13.1. The Hall–Kier alpha value is -1.31. The second kappa shape index (κ2) is 4.11. The van der Waals surface area contributed by atoms with Crippen LogP contribution in [0.25, 0.3) is 0 Å². The molecule has 1 aliphatic rings. The summed E-state index contributed by atoms with van der Waals surface area (Å²) in [5, 5.41) is 3.57. The predicted molar refractivity (Wildman–Crippen MR) is 76.0 cm³/mol. The van der Waals surface area contributed by atoms with Crippen LogP contribution in [-0.4, -0.2) is 11.8 Å². The number of nitrogens with one attached hydrogen (secondary N) is 1. The largest absolute Gasteiger partial charge is 0.381 e. The molecule has 0 amide bonds. The fourth-order valence-corrected chi connectivity index (χ4v) is 2.68. The zero-order valence-corrected chi connectivity index (χ0v) is 12.0. The van der Waals surface area contributed by atoms with Crippen LogP contribution in [0.2, 0.25) is 0 Å². The van der Waals surface area contributed by atoms with Gasteiger partial charge >= 0.3 is 0 Å². The Labute approximate surface area is 110 Å². The van der Waals surface area contributed by atoms with Gasteiger partial charge in [0.15, 0.2) is 5.78 Å². The van der Waals surface area contributed by atoms with Gasteiger partial charge in [0.05, 0.1) is 0 Å². The lowest BCUT2D eigenvalue weighted by atomic mass is 10.0. The molecule has 1 N–H and O–H groups in total. The lowest BCUT2D eigenvalue weighted by molar-refractivity contribution is 0.0988. The number of Topliss-reactive ketones (excluding diaryl/α,β-unsaturated/α-hetero) is 1. The molecule has 2 heteroatoms. The van der Waals surface area contributed by atoms with E-state index in [1.54, 1.807) is 0 Å². The quantitative estimate of drug-likeness (QED) is 0.808. The van der Waals surface area contributed by atoms with Crippen LogP contribution in [0.4, 0.5) is 5.69 Å². The highest BCUT2D eigenvalue weighted by molar-refractivity contribution is 5.96. The van der Waals surface area contributed by atoms with Gasteiger partial charge in [-0.3, -0.25) is 4.79 Å². The van der Waals surface area contributed by atoms with Gasteiger partial charge in [-0.2, -0.15) is 0 Å². The number of rotatable bonds is 4. The molecule has 0 atom stereocenters. The van der Waals surface area contributed by atoms with E-state index in [1.807, 2.05) is 31.2 Å². The first-order valence-electron chi connectivity index (χ1n) is 6.70. The van der Waals surface area contributed by atoms with Crippen molar-refractivity contribution >= 4 is 11.5 Å². The van der Waals surface area contributed by atoms with E-state index in [-0.39, 0.29) is 5.78 Å². The number of anilines is 1. The Kier molecular flexibility index (Phi) is 3.00. The minimum atomic E-state index is 0.202. The Morgan fingerprint density at radius 1 is 1.11 bits per heavy atom. The highest BCUT2D eigenvalue weighted by Crippen LogP contribution is 2.63. The molecule has 1 fully saturated rings. The van der Waals surface area contributed by atoms with E-state index in [9.17, 15) is 4.79 Å². The zero-order valence-electron chi connectivity index (χ0n) is 12.0. The van der Waals surface area contributed by atoms with Crippen molar-refractivity contribution in [2.24, 2.45) is 10.8 Å². The van der Waals surface area contributed by atoms with Gasteiger partial charge in [-0.05, 0) is 35.1 Å². The molecule has 0 aromatic heterocycles. The van der Waals surface area contributed by atoms with Gasteiger partial charge in [0.1, 0.15) is 0 Å². The number of carbonyl (C=O) groups excluding carboxylic acids is 1. The first-order chi connectivity index (χ1) is 8.30. The van der Waals surface area contributed by atoms with Gasteiger partial charge in [-0.15, -0.1) is 0 Å². The van der Waals surface area contributed by atoms with Crippen molar-refractivity contribution in [3.63, 3.8) is 0 Å². The average Bonchev–Trinajstić information content (AvgIpc) is 2.72. The van der Waals surface area contributed by atoms with Crippen molar-refractivity contribution in [3.8, 4) is 0 Å². The molecule has 2 rings (SSSR count). The third-order valence-corrected chi connectivity index (χ3v) is 4.86. The molecular weight excluding hydrogens is 222 g/mol. The second-order valence-corrected chi connectivity index (χ2v) is 6.37. The summed E-state index contributed by atoms with van der Waals surface area (Å²) in [7, 11) is 0. The van der Waals surface area contributed by atoms with Gasteiger partial charge in [0.2, 0.25) is 0 Å².